The van der Waals surface area contributed by atoms with Crippen molar-refractivity contribution >= 4 is 11.6 Å². The molecule has 4 rings (SSSR count). The van der Waals surface area contributed by atoms with Gasteiger partial charge in [-0.15, -0.1) is 0 Å². The van der Waals surface area contributed by atoms with E-state index in [4.69, 9.17) is 9.47 Å². The molecule has 6 heteroatoms. The molecule has 3 aliphatic rings. The van der Waals surface area contributed by atoms with Gasteiger partial charge < -0.3 is 14.8 Å². The Morgan fingerprint density at radius 2 is 2.08 bits per heavy atom. The van der Waals surface area contributed by atoms with Crippen LogP contribution in [0.2, 0.25) is 0 Å². The van der Waals surface area contributed by atoms with Gasteiger partial charge in [-0.25, -0.2) is 4.39 Å². The van der Waals surface area contributed by atoms with Gasteiger partial charge in [0.2, 0.25) is 5.91 Å². The van der Waals surface area contributed by atoms with Crippen molar-refractivity contribution in [3.05, 3.63) is 24.0 Å². The van der Waals surface area contributed by atoms with Gasteiger partial charge in [-0.1, -0.05) is 0 Å². The molecule has 2 atom stereocenters. The number of hydrogen-bond donors (Lipinski definition) is 1. The van der Waals surface area contributed by atoms with E-state index >= 15 is 0 Å². The Morgan fingerprint density at radius 1 is 1.21 bits per heavy atom. The van der Waals surface area contributed by atoms with Crippen LogP contribution in [0.5, 0.6) is 5.75 Å². The quantitative estimate of drug-likeness (QED) is 0.856. The number of carbonyl (C=O) groups is 1. The number of carbonyl (C=O) groups excluding carboxylic acids is 1. The molecule has 0 aliphatic carbocycles. The lowest BCUT2D eigenvalue weighted by Gasteiger charge is -2.45. The van der Waals surface area contributed by atoms with Gasteiger partial charge in [0.1, 0.15) is 11.6 Å². The number of hydrogen-bond acceptors (Lipinski definition) is 4. The minimum absolute atomic E-state index is 0.0530. The zero-order valence-corrected chi connectivity index (χ0v) is 13.7. The monoisotopic (exact) mass is 334 g/mol. The molecule has 0 aromatic heterocycles. The Morgan fingerprint density at radius 3 is 2.88 bits per heavy atom. The van der Waals surface area contributed by atoms with E-state index < -0.39 is 0 Å². The van der Waals surface area contributed by atoms with Crippen molar-refractivity contribution in [3.8, 4) is 5.75 Å². The molecule has 1 aromatic rings. The van der Waals surface area contributed by atoms with Crippen molar-refractivity contribution in [3.63, 3.8) is 0 Å². The van der Waals surface area contributed by atoms with E-state index in [0.29, 0.717) is 42.3 Å². The van der Waals surface area contributed by atoms with Gasteiger partial charge in [0.15, 0.2) is 0 Å². The van der Waals surface area contributed by atoms with Crippen LogP contribution < -0.4 is 10.1 Å². The van der Waals surface area contributed by atoms with Crippen LogP contribution in [0, 0.1) is 17.7 Å². The number of nitrogens with one attached hydrogen (secondary N) is 1. The van der Waals surface area contributed by atoms with Crippen molar-refractivity contribution in [2.45, 2.75) is 25.3 Å². The molecule has 0 spiro atoms. The second-order valence-corrected chi connectivity index (χ2v) is 7.02. The Bertz CT molecular complexity index is 620. The zero-order chi connectivity index (χ0) is 16.5. The summed E-state index contributed by atoms with van der Waals surface area (Å²) in [7, 11) is 0. The smallest absolute Gasteiger partial charge is 0.224 e. The molecular formula is C18H23FN2O3. The first kappa shape index (κ1) is 15.8. The van der Waals surface area contributed by atoms with E-state index in [2.05, 4.69) is 10.2 Å². The molecular weight excluding hydrogens is 311 g/mol. The molecule has 3 heterocycles. The number of piperidine rings is 1. The number of fused-ring (bicyclic) bond motifs is 2. The first-order valence-electron chi connectivity index (χ1n) is 8.73. The van der Waals surface area contributed by atoms with E-state index in [-0.39, 0.29) is 11.7 Å². The number of rotatable bonds is 1. The topological polar surface area (TPSA) is 50.8 Å². The second kappa shape index (κ2) is 6.69. The summed E-state index contributed by atoms with van der Waals surface area (Å²) < 4.78 is 24.6. The van der Waals surface area contributed by atoms with Crippen LogP contribution in [-0.4, -0.2) is 49.8 Å². The lowest BCUT2D eigenvalue weighted by Crippen LogP contribution is -2.54. The van der Waals surface area contributed by atoms with Crippen LogP contribution in [0.1, 0.15) is 19.3 Å². The fraction of sp³-hybridized carbons (Fsp3) is 0.611. The van der Waals surface area contributed by atoms with Crippen molar-refractivity contribution in [2.24, 2.45) is 11.8 Å². The van der Waals surface area contributed by atoms with E-state index in [1.165, 1.54) is 12.1 Å². The largest absolute Gasteiger partial charge is 0.491 e. The summed E-state index contributed by atoms with van der Waals surface area (Å²) in [6, 6.07) is 4.81. The Labute approximate surface area is 141 Å². The number of ether oxygens (including phenoxy) is 2. The molecule has 1 aromatic carbocycles. The molecule has 1 N–H and O–H groups in total. The third-order valence-corrected chi connectivity index (χ3v) is 5.47. The fourth-order valence-electron chi connectivity index (χ4n) is 3.96. The summed E-state index contributed by atoms with van der Waals surface area (Å²) >= 11 is 0. The number of likely N-dealkylation sites (tertiary alicyclic amines) is 1. The fourth-order valence-corrected chi connectivity index (χ4v) is 3.96. The van der Waals surface area contributed by atoms with Crippen molar-refractivity contribution < 1.29 is 18.7 Å². The van der Waals surface area contributed by atoms with Crippen LogP contribution in [-0.2, 0) is 9.53 Å². The molecule has 1 amide bonds. The van der Waals surface area contributed by atoms with Gasteiger partial charge in [0.25, 0.3) is 0 Å². The highest BCUT2D eigenvalue weighted by Crippen LogP contribution is 2.34. The van der Waals surface area contributed by atoms with Crippen LogP contribution in [0.25, 0.3) is 0 Å². The zero-order valence-electron chi connectivity index (χ0n) is 13.7. The van der Waals surface area contributed by atoms with Crippen molar-refractivity contribution in [1.82, 2.24) is 4.90 Å². The molecule has 0 unspecified atom stereocenters. The predicted molar refractivity (Wildman–Crippen MR) is 87.5 cm³/mol. The minimum atomic E-state index is -0.372. The summed E-state index contributed by atoms with van der Waals surface area (Å²) in [5.74, 6) is 0.933. The average Bonchev–Trinajstić information content (AvgIpc) is 2.49. The van der Waals surface area contributed by atoms with E-state index in [9.17, 15) is 9.18 Å². The number of anilines is 1. The summed E-state index contributed by atoms with van der Waals surface area (Å²) in [5.41, 5.74) is 0.433. The SMILES string of the molecule is O=C1C[C@@H]2CCN(C3COC3)C[C@@H]2CCOc2ccc(F)cc2N1. The highest BCUT2D eigenvalue weighted by molar-refractivity contribution is 5.92. The number of amides is 1. The van der Waals surface area contributed by atoms with E-state index in [1.54, 1.807) is 6.07 Å². The average molecular weight is 334 g/mol. The maximum Gasteiger partial charge on any atom is 0.224 e. The minimum Gasteiger partial charge on any atom is -0.491 e. The van der Waals surface area contributed by atoms with Gasteiger partial charge in [0, 0.05) is 19.0 Å². The summed E-state index contributed by atoms with van der Waals surface area (Å²) in [5, 5.41) is 2.82. The third-order valence-electron chi connectivity index (χ3n) is 5.47. The first-order chi connectivity index (χ1) is 11.7. The van der Waals surface area contributed by atoms with Crippen LogP contribution in [0.3, 0.4) is 0 Å². The molecule has 5 nitrogen and oxygen atoms in total. The lowest BCUT2D eigenvalue weighted by molar-refractivity contribution is -0.119. The molecule has 0 radical (unpaired) electrons. The number of nitrogens with zero attached hydrogens (tertiary/aromatic N) is 1. The van der Waals surface area contributed by atoms with Crippen LogP contribution in [0.15, 0.2) is 18.2 Å². The number of benzene rings is 1. The van der Waals surface area contributed by atoms with Crippen LogP contribution >= 0.6 is 0 Å². The molecule has 24 heavy (non-hydrogen) atoms. The summed E-state index contributed by atoms with van der Waals surface area (Å²) in [4.78, 5) is 14.9. The Balaban J connectivity index is 1.49. The highest BCUT2D eigenvalue weighted by atomic mass is 19.1. The van der Waals surface area contributed by atoms with Crippen molar-refractivity contribution in [2.75, 3.05) is 38.2 Å². The summed E-state index contributed by atoms with van der Waals surface area (Å²) in [6.45, 7) is 4.27. The summed E-state index contributed by atoms with van der Waals surface area (Å²) in [6.07, 6.45) is 2.43. The van der Waals surface area contributed by atoms with Gasteiger partial charge in [-0.3, -0.25) is 9.69 Å². The Hall–Kier alpha value is -1.66. The Kier molecular flexibility index (Phi) is 4.41. The normalized spacial score (nSPS) is 28.8. The highest BCUT2D eigenvalue weighted by Gasteiger charge is 2.36. The predicted octanol–water partition coefficient (Wildman–Crippen LogP) is 2.27. The molecule has 130 valence electrons. The standard InChI is InChI=1S/C18H23FN2O3/c19-14-1-2-17-16(8-14)20-18(22)7-12-3-5-21(15-10-23-11-15)9-13(12)4-6-24-17/h1-2,8,12-13,15H,3-7,9-11H2,(H,20,22)/t12-,13-/m0/s1. The van der Waals surface area contributed by atoms with Gasteiger partial charge >= 0.3 is 0 Å². The van der Waals surface area contributed by atoms with Crippen molar-refractivity contribution in [1.29, 1.82) is 0 Å². The second-order valence-electron chi connectivity index (χ2n) is 7.02. The van der Waals surface area contributed by atoms with Gasteiger partial charge in [0.05, 0.1) is 31.5 Å². The van der Waals surface area contributed by atoms with Crippen LogP contribution in [0.4, 0.5) is 10.1 Å². The maximum atomic E-state index is 13.4. The maximum absolute atomic E-state index is 13.4. The molecule has 2 fully saturated rings. The van der Waals surface area contributed by atoms with E-state index in [0.717, 1.165) is 39.1 Å². The lowest BCUT2D eigenvalue weighted by atomic mass is 9.80. The third kappa shape index (κ3) is 3.26. The number of halogens is 1. The molecule has 2 saturated heterocycles. The molecule has 0 bridgehead atoms. The molecule has 3 aliphatic heterocycles. The first-order valence-corrected chi connectivity index (χ1v) is 8.73. The van der Waals surface area contributed by atoms with Gasteiger partial charge in [-0.2, -0.15) is 0 Å². The molecule has 0 saturated carbocycles. The van der Waals surface area contributed by atoms with Gasteiger partial charge in [-0.05, 0) is 43.4 Å². The van der Waals surface area contributed by atoms with E-state index in [1.807, 2.05) is 0 Å².